The van der Waals surface area contributed by atoms with E-state index in [1.54, 1.807) is 0 Å². The minimum absolute atomic E-state index is 0.193. The molecule has 0 bridgehead atoms. The van der Waals surface area contributed by atoms with Crippen LogP contribution in [0.3, 0.4) is 0 Å². The van der Waals surface area contributed by atoms with Crippen molar-refractivity contribution in [3.8, 4) is 11.5 Å². The van der Waals surface area contributed by atoms with Crippen LogP contribution in [0.15, 0.2) is 48.5 Å². The van der Waals surface area contributed by atoms with Crippen molar-refractivity contribution in [1.29, 1.82) is 0 Å². The highest BCUT2D eigenvalue weighted by Crippen LogP contribution is 2.31. The van der Waals surface area contributed by atoms with Gasteiger partial charge in [-0.3, -0.25) is 9.59 Å². The van der Waals surface area contributed by atoms with E-state index >= 15 is 0 Å². The van der Waals surface area contributed by atoms with Gasteiger partial charge in [-0.2, -0.15) is 0 Å². The number of hydroxylamine groups is 4. The summed E-state index contributed by atoms with van der Waals surface area (Å²) in [7, 11) is -1.10. The number of carbonyl (C=O) groups excluding carboxylic acids is 2. The van der Waals surface area contributed by atoms with Gasteiger partial charge in [0.15, 0.2) is 0 Å². The molecule has 2 N–H and O–H groups in total. The topological polar surface area (TPSA) is 135 Å². The highest BCUT2D eigenvalue weighted by atomic mass is 31.1. The van der Waals surface area contributed by atoms with Gasteiger partial charge in [0.1, 0.15) is 11.5 Å². The standard InChI is InChI=1S/C16H15N2O9P/c1-24-17(15(21)11-7-3-5-9-13(11)19)26-28(23)27-18(25-2)16(22)12-8-4-6-10-14(12)20/h3-10H,1-2H3,(H-,19,20,21,22)/p+1. The maximum atomic E-state index is 12.3. The van der Waals surface area contributed by atoms with Crippen molar-refractivity contribution in [2.45, 2.75) is 0 Å². The molecule has 0 spiro atoms. The molecular weight excluding hydrogens is 395 g/mol. The van der Waals surface area contributed by atoms with Crippen LogP contribution in [0.2, 0.25) is 0 Å². The van der Waals surface area contributed by atoms with Crippen LogP contribution in [0.25, 0.3) is 0 Å². The maximum Gasteiger partial charge on any atom is 0.751 e. The first-order valence-electron chi connectivity index (χ1n) is 7.55. The molecule has 0 aliphatic heterocycles. The van der Waals surface area contributed by atoms with Gasteiger partial charge in [-0.1, -0.05) is 24.3 Å². The summed E-state index contributed by atoms with van der Waals surface area (Å²) in [6, 6.07) is 11.0. The summed E-state index contributed by atoms with van der Waals surface area (Å²) in [6.07, 6.45) is 0. The zero-order valence-corrected chi connectivity index (χ0v) is 15.6. The Morgan fingerprint density at radius 3 is 1.46 bits per heavy atom. The van der Waals surface area contributed by atoms with Crippen molar-refractivity contribution in [3.05, 3.63) is 59.7 Å². The van der Waals surface area contributed by atoms with Gasteiger partial charge in [-0.25, -0.2) is 9.68 Å². The fourth-order valence-electron chi connectivity index (χ4n) is 1.95. The van der Waals surface area contributed by atoms with E-state index < -0.39 is 20.1 Å². The second kappa shape index (κ2) is 9.74. The highest BCUT2D eigenvalue weighted by molar-refractivity contribution is 7.33. The lowest BCUT2D eigenvalue weighted by atomic mass is 10.2. The molecule has 2 aromatic carbocycles. The Morgan fingerprint density at radius 2 is 1.14 bits per heavy atom. The Bertz CT molecular complexity index is 807. The van der Waals surface area contributed by atoms with Gasteiger partial charge in [0.25, 0.3) is 0 Å². The average Bonchev–Trinajstić information content (AvgIpc) is 2.70. The van der Waals surface area contributed by atoms with Crippen LogP contribution in [0.1, 0.15) is 20.7 Å². The van der Waals surface area contributed by atoms with E-state index in [-0.39, 0.29) is 33.1 Å². The molecule has 0 saturated carbocycles. The number of phenolic OH excluding ortho intramolecular Hbond substituents is 2. The van der Waals surface area contributed by atoms with Crippen LogP contribution in [-0.4, -0.2) is 46.7 Å². The van der Waals surface area contributed by atoms with Gasteiger partial charge in [-0.05, 0) is 34.7 Å². The molecule has 0 fully saturated rings. The minimum atomic E-state index is -3.19. The zero-order chi connectivity index (χ0) is 20.7. The zero-order valence-electron chi connectivity index (χ0n) is 14.7. The highest BCUT2D eigenvalue weighted by Gasteiger charge is 2.38. The summed E-state index contributed by atoms with van der Waals surface area (Å²) in [5, 5.41) is 19.8. The third-order valence-corrected chi connectivity index (χ3v) is 3.78. The summed E-state index contributed by atoms with van der Waals surface area (Å²) >= 11 is 0. The molecule has 0 aromatic heterocycles. The van der Waals surface area contributed by atoms with E-state index in [0.717, 1.165) is 14.2 Å². The Hall–Kier alpha value is -3.08. The largest absolute Gasteiger partial charge is 0.751 e. The van der Waals surface area contributed by atoms with E-state index in [1.807, 2.05) is 0 Å². The fourth-order valence-corrected chi connectivity index (χ4v) is 2.50. The minimum Gasteiger partial charge on any atom is -0.507 e. The van der Waals surface area contributed by atoms with Gasteiger partial charge in [0.2, 0.25) is 0 Å². The lowest BCUT2D eigenvalue weighted by Crippen LogP contribution is -2.31. The third kappa shape index (κ3) is 5.00. The predicted molar refractivity (Wildman–Crippen MR) is 92.3 cm³/mol. The molecule has 0 aliphatic rings. The molecule has 2 aromatic rings. The number of rotatable bonds is 8. The first-order valence-corrected chi connectivity index (χ1v) is 8.65. The van der Waals surface area contributed by atoms with Crippen LogP contribution in [0, 0.1) is 0 Å². The van der Waals surface area contributed by atoms with Crippen LogP contribution >= 0.6 is 8.25 Å². The van der Waals surface area contributed by atoms with Crippen LogP contribution < -0.4 is 0 Å². The van der Waals surface area contributed by atoms with Crippen molar-refractivity contribution in [2.24, 2.45) is 0 Å². The number of hydrogen-bond acceptors (Lipinski definition) is 9. The number of amides is 2. The van der Waals surface area contributed by atoms with E-state index in [0.29, 0.717) is 0 Å². The molecule has 0 unspecified atom stereocenters. The molecule has 12 heteroatoms. The number of carbonyl (C=O) groups is 2. The second-order valence-electron chi connectivity index (χ2n) is 4.91. The van der Waals surface area contributed by atoms with E-state index in [1.165, 1.54) is 48.5 Å². The molecule has 0 saturated heterocycles. The SMILES string of the molecule is CON(O[P+](=O)ON(OC)C(=O)c1ccccc1O)C(=O)c1ccccc1O. The lowest BCUT2D eigenvalue weighted by Gasteiger charge is -2.14. The number of phenols is 2. The van der Waals surface area contributed by atoms with Crippen molar-refractivity contribution < 1.29 is 43.3 Å². The summed E-state index contributed by atoms with van der Waals surface area (Å²) < 4.78 is 21.5. The molecule has 0 radical (unpaired) electrons. The smallest absolute Gasteiger partial charge is 0.507 e. The van der Waals surface area contributed by atoms with Gasteiger partial charge in [-0.15, -0.1) is 0 Å². The Morgan fingerprint density at radius 1 is 0.786 bits per heavy atom. The van der Waals surface area contributed by atoms with Crippen molar-refractivity contribution >= 4 is 20.1 Å². The second-order valence-corrected chi connectivity index (χ2v) is 5.68. The van der Waals surface area contributed by atoms with E-state index in [9.17, 15) is 24.4 Å². The molecule has 148 valence electrons. The average molecular weight is 411 g/mol. The third-order valence-electron chi connectivity index (χ3n) is 3.21. The summed E-state index contributed by atoms with van der Waals surface area (Å²) in [6.45, 7) is 0. The van der Waals surface area contributed by atoms with Crippen LogP contribution in [0.4, 0.5) is 0 Å². The molecule has 11 nitrogen and oxygen atoms in total. The van der Waals surface area contributed by atoms with Crippen LogP contribution in [0.5, 0.6) is 11.5 Å². The molecule has 28 heavy (non-hydrogen) atoms. The van der Waals surface area contributed by atoms with Gasteiger partial charge >= 0.3 is 20.1 Å². The first-order chi connectivity index (χ1) is 13.4. The first kappa shape index (κ1) is 21.2. The summed E-state index contributed by atoms with van der Waals surface area (Å²) in [4.78, 5) is 33.9. The van der Waals surface area contributed by atoms with Crippen molar-refractivity contribution in [2.75, 3.05) is 14.2 Å². The number of para-hydroxylation sites is 2. The van der Waals surface area contributed by atoms with Crippen LogP contribution in [-0.2, 0) is 23.5 Å². The molecule has 0 atom stereocenters. The van der Waals surface area contributed by atoms with Gasteiger partial charge in [0.05, 0.1) is 25.3 Å². The molecule has 0 aliphatic carbocycles. The maximum absolute atomic E-state index is 12.3. The molecule has 2 amide bonds. The normalized spacial score (nSPS) is 10.4. The Labute approximate surface area is 160 Å². The fraction of sp³-hybridized carbons (Fsp3) is 0.125. The Balaban J connectivity index is 2.08. The molecule has 2 rings (SSSR count). The van der Waals surface area contributed by atoms with E-state index in [4.69, 9.17) is 9.25 Å². The molecular formula is C16H16N2O9P+. The number of benzene rings is 2. The summed E-state index contributed by atoms with van der Waals surface area (Å²) in [5.74, 6) is -2.68. The lowest BCUT2D eigenvalue weighted by molar-refractivity contribution is -0.290. The van der Waals surface area contributed by atoms with Crippen molar-refractivity contribution in [1.82, 2.24) is 10.5 Å². The van der Waals surface area contributed by atoms with Gasteiger partial charge in [0, 0.05) is 13.8 Å². The Kier molecular flexibility index (Phi) is 7.38. The van der Waals surface area contributed by atoms with Gasteiger partial charge < -0.3 is 10.2 Å². The number of hydrogen-bond donors (Lipinski definition) is 2. The molecule has 0 heterocycles. The van der Waals surface area contributed by atoms with E-state index in [2.05, 4.69) is 9.68 Å². The quantitative estimate of drug-likeness (QED) is 0.495. The predicted octanol–water partition coefficient (Wildman–Crippen LogP) is 2.33. The number of aromatic hydroxyl groups is 2. The summed E-state index contributed by atoms with van der Waals surface area (Å²) in [5.41, 5.74) is -0.386. The monoisotopic (exact) mass is 411 g/mol. The number of nitrogens with zero attached hydrogens (tertiary/aromatic N) is 2. The van der Waals surface area contributed by atoms with Crippen molar-refractivity contribution in [3.63, 3.8) is 0 Å².